The summed E-state index contributed by atoms with van der Waals surface area (Å²) in [5.74, 6) is 0. The third-order valence-corrected chi connectivity index (χ3v) is 2.57. The Hall–Kier alpha value is 0.280. The predicted octanol–water partition coefficient (Wildman–Crippen LogP) is 1.85. The van der Waals surface area contributed by atoms with E-state index in [4.69, 9.17) is 0 Å². The van der Waals surface area contributed by atoms with Gasteiger partial charge in [0.25, 0.3) is 0 Å². The van der Waals surface area contributed by atoms with Crippen molar-refractivity contribution in [1.29, 1.82) is 0 Å². The summed E-state index contributed by atoms with van der Waals surface area (Å²) >= 11 is 1.64. The molecule has 0 saturated heterocycles. The molecule has 2 unspecified atom stereocenters. The standard InChI is InChI=1S/C5H9FS/c1-7-5-3-2-4(5)6/h4-5H,2-3H2,1H3. The predicted molar refractivity (Wildman–Crippen MR) is 31.4 cm³/mol. The fourth-order valence-corrected chi connectivity index (χ4v) is 1.50. The minimum Gasteiger partial charge on any atom is -0.246 e. The fraction of sp³-hybridized carbons (Fsp3) is 1.00. The average molecular weight is 120 g/mol. The highest BCUT2D eigenvalue weighted by molar-refractivity contribution is 7.99. The van der Waals surface area contributed by atoms with Crippen molar-refractivity contribution in [1.82, 2.24) is 0 Å². The van der Waals surface area contributed by atoms with Crippen molar-refractivity contribution in [2.75, 3.05) is 6.26 Å². The summed E-state index contributed by atoms with van der Waals surface area (Å²) in [4.78, 5) is 0. The molecule has 0 radical (unpaired) electrons. The van der Waals surface area contributed by atoms with Crippen LogP contribution in [0.1, 0.15) is 12.8 Å². The lowest BCUT2D eigenvalue weighted by Crippen LogP contribution is -2.29. The highest BCUT2D eigenvalue weighted by atomic mass is 32.2. The van der Waals surface area contributed by atoms with Crippen LogP contribution in [0.5, 0.6) is 0 Å². The smallest absolute Gasteiger partial charge is 0.112 e. The molecule has 1 aliphatic rings. The molecular formula is C5H9FS. The van der Waals surface area contributed by atoms with Gasteiger partial charge in [-0.05, 0) is 19.1 Å². The van der Waals surface area contributed by atoms with Gasteiger partial charge in [0, 0.05) is 5.25 Å². The van der Waals surface area contributed by atoms with Crippen molar-refractivity contribution >= 4 is 11.8 Å². The molecule has 0 aromatic carbocycles. The quantitative estimate of drug-likeness (QED) is 0.509. The second-order valence-corrected chi connectivity index (χ2v) is 2.94. The topological polar surface area (TPSA) is 0 Å². The van der Waals surface area contributed by atoms with E-state index < -0.39 is 6.17 Å². The molecule has 1 rings (SSSR count). The lowest BCUT2D eigenvalue weighted by molar-refractivity contribution is 0.222. The molecular weight excluding hydrogens is 111 g/mol. The summed E-state index contributed by atoms with van der Waals surface area (Å²) in [5.41, 5.74) is 0. The van der Waals surface area contributed by atoms with Crippen LogP contribution < -0.4 is 0 Å². The average Bonchev–Trinajstić information content (AvgIpc) is 1.65. The van der Waals surface area contributed by atoms with Gasteiger partial charge in [-0.25, -0.2) is 4.39 Å². The second kappa shape index (κ2) is 2.03. The molecule has 0 bridgehead atoms. The van der Waals surface area contributed by atoms with Gasteiger partial charge in [0.2, 0.25) is 0 Å². The number of hydrogen-bond donors (Lipinski definition) is 0. The maximum absolute atomic E-state index is 12.2. The number of rotatable bonds is 1. The SMILES string of the molecule is CSC1CCC1F. The van der Waals surface area contributed by atoms with Crippen molar-refractivity contribution in [2.45, 2.75) is 24.3 Å². The van der Waals surface area contributed by atoms with Crippen LogP contribution in [-0.4, -0.2) is 17.7 Å². The molecule has 0 aromatic rings. The van der Waals surface area contributed by atoms with Crippen LogP contribution in [-0.2, 0) is 0 Å². The zero-order valence-corrected chi connectivity index (χ0v) is 5.17. The monoisotopic (exact) mass is 120 g/mol. The molecule has 0 aliphatic heterocycles. The fourth-order valence-electron chi connectivity index (χ4n) is 0.694. The highest BCUT2D eigenvalue weighted by Crippen LogP contribution is 2.32. The number of halogens is 1. The summed E-state index contributed by atoms with van der Waals surface area (Å²) in [6, 6.07) is 0. The molecule has 0 nitrogen and oxygen atoms in total. The first-order chi connectivity index (χ1) is 3.34. The molecule has 0 N–H and O–H groups in total. The summed E-state index contributed by atoms with van der Waals surface area (Å²) in [6.07, 6.45) is 3.36. The lowest BCUT2D eigenvalue weighted by Gasteiger charge is -2.27. The van der Waals surface area contributed by atoms with E-state index in [1.807, 2.05) is 6.26 Å². The molecule has 0 amide bonds. The number of hydrogen-bond acceptors (Lipinski definition) is 1. The van der Waals surface area contributed by atoms with Crippen LogP contribution in [0.2, 0.25) is 0 Å². The van der Waals surface area contributed by atoms with E-state index in [0.29, 0.717) is 5.25 Å². The van der Waals surface area contributed by atoms with E-state index >= 15 is 0 Å². The molecule has 2 atom stereocenters. The molecule has 7 heavy (non-hydrogen) atoms. The lowest BCUT2D eigenvalue weighted by atomic mass is 9.97. The zero-order valence-electron chi connectivity index (χ0n) is 4.36. The van der Waals surface area contributed by atoms with Gasteiger partial charge in [-0.1, -0.05) is 0 Å². The van der Waals surface area contributed by atoms with Crippen molar-refractivity contribution < 1.29 is 4.39 Å². The van der Waals surface area contributed by atoms with Crippen LogP contribution in [0.25, 0.3) is 0 Å². The number of alkyl halides is 1. The van der Waals surface area contributed by atoms with Crippen molar-refractivity contribution in [2.24, 2.45) is 0 Å². The van der Waals surface area contributed by atoms with Crippen molar-refractivity contribution in [3.63, 3.8) is 0 Å². The summed E-state index contributed by atoms with van der Waals surface area (Å²) in [6.45, 7) is 0. The zero-order chi connectivity index (χ0) is 5.28. The largest absolute Gasteiger partial charge is 0.246 e. The van der Waals surface area contributed by atoms with E-state index in [9.17, 15) is 4.39 Å². The first-order valence-electron chi connectivity index (χ1n) is 2.51. The molecule has 1 fully saturated rings. The van der Waals surface area contributed by atoms with Crippen LogP contribution in [0.3, 0.4) is 0 Å². The Kier molecular flexibility index (Phi) is 1.57. The molecule has 2 heteroatoms. The summed E-state index contributed by atoms with van der Waals surface area (Å²) < 4.78 is 12.2. The van der Waals surface area contributed by atoms with Gasteiger partial charge in [-0.15, -0.1) is 0 Å². The van der Waals surface area contributed by atoms with E-state index in [-0.39, 0.29) is 0 Å². The Labute approximate surface area is 47.5 Å². The molecule has 1 saturated carbocycles. The second-order valence-electron chi connectivity index (χ2n) is 1.87. The van der Waals surface area contributed by atoms with Gasteiger partial charge < -0.3 is 0 Å². The van der Waals surface area contributed by atoms with Gasteiger partial charge >= 0.3 is 0 Å². The first-order valence-corrected chi connectivity index (χ1v) is 3.80. The van der Waals surface area contributed by atoms with Crippen LogP contribution in [0, 0.1) is 0 Å². The molecule has 0 aromatic heterocycles. The minimum absolute atomic E-state index is 0.333. The first kappa shape index (κ1) is 5.42. The normalized spacial score (nSPS) is 40.3. The van der Waals surface area contributed by atoms with Gasteiger partial charge in [0.1, 0.15) is 6.17 Å². The Morgan fingerprint density at radius 1 is 1.57 bits per heavy atom. The Morgan fingerprint density at radius 2 is 2.29 bits per heavy atom. The van der Waals surface area contributed by atoms with Gasteiger partial charge in [-0.3, -0.25) is 0 Å². The van der Waals surface area contributed by atoms with Crippen molar-refractivity contribution in [3.05, 3.63) is 0 Å². The third kappa shape index (κ3) is 0.904. The Balaban J connectivity index is 2.16. The van der Waals surface area contributed by atoms with Gasteiger partial charge in [0.05, 0.1) is 0 Å². The highest BCUT2D eigenvalue weighted by Gasteiger charge is 2.29. The van der Waals surface area contributed by atoms with Gasteiger partial charge in [0.15, 0.2) is 0 Å². The maximum Gasteiger partial charge on any atom is 0.112 e. The number of thioether (sulfide) groups is 1. The Morgan fingerprint density at radius 3 is 2.29 bits per heavy atom. The van der Waals surface area contributed by atoms with E-state index in [1.165, 1.54) is 0 Å². The van der Waals surface area contributed by atoms with E-state index in [2.05, 4.69) is 0 Å². The van der Waals surface area contributed by atoms with Crippen LogP contribution in [0.4, 0.5) is 4.39 Å². The van der Waals surface area contributed by atoms with Crippen LogP contribution >= 0.6 is 11.8 Å². The van der Waals surface area contributed by atoms with E-state index in [0.717, 1.165) is 12.8 Å². The van der Waals surface area contributed by atoms with E-state index in [1.54, 1.807) is 11.8 Å². The van der Waals surface area contributed by atoms with Crippen molar-refractivity contribution in [3.8, 4) is 0 Å². The molecule has 1 aliphatic carbocycles. The summed E-state index contributed by atoms with van der Waals surface area (Å²) in [7, 11) is 0. The summed E-state index contributed by atoms with van der Waals surface area (Å²) in [5, 5.41) is 0.333. The van der Waals surface area contributed by atoms with Gasteiger partial charge in [-0.2, -0.15) is 11.8 Å². The molecule has 0 heterocycles. The van der Waals surface area contributed by atoms with Crippen LogP contribution in [0.15, 0.2) is 0 Å². The molecule has 42 valence electrons. The molecule has 0 spiro atoms. The third-order valence-electron chi connectivity index (χ3n) is 1.43. The minimum atomic E-state index is -0.491. The maximum atomic E-state index is 12.2. The Bertz CT molecular complexity index is 63.1.